The van der Waals surface area contributed by atoms with Crippen molar-refractivity contribution in [2.45, 2.75) is 44.2 Å². The molecule has 0 saturated carbocycles. The van der Waals surface area contributed by atoms with Crippen LogP contribution in [0.1, 0.15) is 27.2 Å². The van der Waals surface area contributed by atoms with E-state index in [2.05, 4.69) is 15.6 Å². The molecule has 1 amide bonds. The Morgan fingerprint density at radius 1 is 1.29 bits per heavy atom. The monoisotopic (exact) mass is 353 g/mol. The standard InChI is InChI=1S/C15H23N5O3S/c1-15(2,3)16-14(21)8-9-20-13-7-6-11(10-12(13)17-18-20)24(22,23)19(4)5/h6-7,10H,8-9H2,1-5H3,(H,16,21). The molecule has 1 aromatic carbocycles. The van der Waals surface area contributed by atoms with Crippen molar-refractivity contribution in [2.75, 3.05) is 14.1 Å². The van der Waals surface area contributed by atoms with Gasteiger partial charge in [-0.2, -0.15) is 0 Å². The van der Waals surface area contributed by atoms with Crippen molar-refractivity contribution in [1.29, 1.82) is 0 Å². The molecule has 0 aliphatic rings. The second kappa shape index (κ2) is 6.48. The zero-order chi connectivity index (χ0) is 18.1. The van der Waals surface area contributed by atoms with Crippen LogP contribution in [0.25, 0.3) is 11.0 Å². The highest BCUT2D eigenvalue weighted by molar-refractivity contribution is 7.89. The summed E-state index contributed by atoms with van der Waals surface area (Å²) >= 11 is 0. The number of benzene rings is 1. The molecule has 9 heteroatoms. The van der Waals surface area contributed by atoms with Crippen LogP contribution in [0, 0.1) is 0 Å². The third-order valence-corrected chi connectivity index (χ3v) is 5.14. The molecule has 2 rings (SSSR count). The van der Waals surface area contributed by atoms with E-state index in [1.807, 2.05) is 20.8 Å². The number of carbonyl (C=O) groups excluding carboxylic acids is 1. The molecular weight excluding hydrogens is 330 g/mol. The number of carbonyl (C=O) groups is 1. The lowest BCUT2D eigenvalue weighted by Crippen LogP contribution is -2.40. The minimum absolute atomic E-state index is 0.0713. The lowest BCUT2D eigenvalue weighted by molar-refractivity contribution is -0.122. The van der Waals surface area contributed by atoms with Crippen molar-refractivity contribution in [2.24, 2.45) is 0 Å². The maximum Gasteiger partial charge on any atom is 0.242 e. The van der Waals surface area contributed by atoms with Crippen molar-refractivity contribution in [3.8, 4) is 0 Å². The van der Waals surface area contributed by atoms with Gasteiger partial charge in [0.15, 0.2) is 0 Å². The molecule has 1 heterocycles. The minimum atomic E-state index is -3.51. The molecule has 0 radical (unpaired) electrons. The van der Waals surface area contributed by atoms with Gasteiger partial charge in [0.25, 0.3) is 0 Å². The van der Waals surface area contributed by atoms with Crippen LogP contribution in [0.2, 0.25) is 0 Å². The summed E-state index contributed by atoms with van der Waals surface area (Å²) in [6, 6.07) is 4.67. The smallest absolute Gasteiger partial charge is 0.242 e. The molecule has 0 aliphatic heterocycles. The Bertz CT molecular complexity index is 850. The van der Waals surface area contributed by atoms with Crippen LogP contribution in [0.4, 0.5) is 0 Å². The number of nitrogens with zero attached hydrogens (tertiary/aromatic N) is 4. The predicted molar refractivity (Wildman–Crippen MR) is 90.9 cm³/mol. The quantitative estimate of drug-likeness (QED) is 0.864. The summed E-state index contributed by atoms with van der Waals surface area (Å²) in [5.74, 6) is -0.0713. The molecule has 132 valence electrons. The fraction of sp³-hybridized carbons (Fsp3) is 0.533. The third kappa shape index (κ3) is 4.09. The van der Waals surface area contributed by atoms with Crippen LogP contribution in [0.3, 0.4) is 0 Å². The van der Waals surface area contributed by atoms with E-state index in [4.69, 9.17) is 0 Å². The summed E-state index contributed by atoms with van der Waals surface area (Å²) in [7, 11) is -0.560. The number of fused-ring (bicyclic) bond motifs is 1. The molecule has 24 heavy (non-hydrogen) atoms. The van der Waals surface area contributed by atoms with Crippen LogP contribution in [-0.2, 0) is 21.4 Å². The fourth-order valence-corrected chi connectivity index (χ4v) is 3.10. The van der Waals surface area contributed by atoms with Gasteiger partial charge < -0.3 is 5.32 Å². The highest BCUT2D eigenvalue weighted by atomic mass is 32.2. The van der Waals surface area contributed by atoms with Gasteiger partial charge in [-0.25, -0.2) is 17.4 Å². The number of hydrogen-bond acceptors (Lipinski definition) is 5. The van der Waals surface area contributed by atoms with E-state index in [0.717, 1.165) is 4.31 Å². The molecule has 0 fully saturated rings. The van der Waals surface area contributed by atoms with Crippen molar-refractivity contribution < 1.29 is 13.2 Å². The maximum atomic E-state index is 12.1. The number of rotatable bonds is 5. The molecule has 1 aromatic heterocycles. The van der Waals surface area contributed by atoms with Gasteiger partial charge in [-0.1, -0.05) is 5.21 Å². The predicted octanol–water partition coefficient (Wildman–Crippen LogP) is 0.986. The average molecular weight is 353 g/mol. The molecule has 0 unspecified atom stereocenters. The first-order valence-electron chi connectivity index (χ1n) is 7.57. The summed E-state index contributed by atoms with van der Waals surface area (Å²) in [5, 5.41) is 10.9. The van der Waals surface area contributed by atoms with Gasteiger partial charge >= 0.3 is 0 Å². The summed E-state index contributed by atoms with van der Waals surface area (Å²) in [6.45, 7) is 6.13. The largest absolute Gasteiger partial charge is 0.351 e. The van der Waals surface area contributed by atoms with E-state index >= 15 is 0 Å². The topological polar surface area (TPSA) is 97.2 Å². The van der Waals surface area contributed by atoms with Crippen LogP contribution >= 0.6 is 0 Å². The zero-order valence-electron chi connectivity index (χ0n) is 14.6. The van der Waals surface area contributed by atoms with E-state index < -0.39 is 10.0 Å². The van der Waals surface area contributed by atoms with Gasteiger partial charge in [0.2, 0.25) is 15.9 Å². The molecule has 2 aromatic rings. The minimum Gasteiger partial charge on any atom is -0.351 e. The van der Waals surface area contributed by atoms with Gasteiger partial charge in [-0.3, -0.25) is 4.79 Å². The van der Waals surface area contributed by atoms with Gasteiger partial charge in [-0.05, 0) is 39.0 Å². The number of hydrogen-bond donors (Lipinski definition) is 1. The van der Waals surface area contributed by atoms with E-state index in [1.165, 1.54) is 26.2 Å². The van der Waals surface area contributed by atoms with Gasteiger partial charge in [0.05, 0.1) is 17.0 Å². The second-order valence-electron chi connectivity index (χ2n) is 6.80. The van der Waals surface area contributed by atoms with E-state index in [1.54, 1.807) is 10.7 Å². The molecule has 0 atom stereocenters. The van der Waals surface area contributed by atoms with Gasteiger partial charge in [-0.15, -0.1) is 5.10 Å². The van der Waals surface area contributed by atoms with E-state index in [0.29, 0.717) is 17.6 Å². The van der Waals surface area contributed by atoms with E-state index in [9.17, 15) is 13.2 Å². The Labute approximate surface area is 141 Å². The Morgan fingerprint density at radius 3 is 2.54 bits per heavy atom. The third-order valence-electron chi connectivity index (χ3n) is 3.33. The van der Waals surface area contributed by atoms with Crippen LogP contribution in [0.5, 0.6) is 0 Å². The normalized spacial score (nSPS) is 12.8. The Morgan fingerprint density at radius 2 is 1.96 bits per heavy atom. The van der Waals surface area contributed by atoms with Crippen molar-refractivity contribution in [3.05, 3.63) is 18.2 Å². The summed E-state index contributed by atoms with van der Waals surface area (Å²) < 4.78 is 27.0. The number of sulfonamides is 1. The van der Waals surface area contributed by atoms with Crippen LogP contribution < -0.4 is 5.32 Å². The average Bonchev–Trinajstić information content (AvgIpc) is 2.85. The summed E-state index contributed by atoms with van der Waals surface area (Å²) in [6.07, 6.45) is 0.271. The maximum absolute atomic E-state index is 12.1. The second-order valence-corrected chi connectivity index (χ2v) is 8.95. The Balaban J connectivity index is 2.19. The molecule has 1 N–H and O–H groups in total. The first-order valence-corrected chi connectivity index (χ1v) is 9.01. The lowest BCUT2D eigenvalue weighted by Gasteiger charge is -2.20. The molecule has 0 spiro atoms. The zero-order valence-corrected chi connectivity index (χ0v) is 15.4. The number of nitrogens with one attached hydrogen (secondary N) is 1. The first kappa shape index (κ1) is 18.3. The number of aromatic nitrogens is 3. The summed E-state index contributed by atoms with van der Waals surface area (Å²) in [5.41, 5.74) is 0.891. The molecule has 0 aliphatic carbocycles. The van der Waals surface area contributed by atoms with Crippen molar-refractivity contribution >= 4 is 27.0 Å². The number of aryl methyl sites for hydroxylation is 1. The highest BCUT2D eigenvalue weighted by Crippen LogP contribution is 2.19. The molecule has 0 saturated heterocycles. The van der Waals surface area contributed by atoms with E-state index in [-0.39, 0.29) is 22.8 Å². The Hall–Kier alpha value is -2.00. The summed E-state index contributed by atoms with van der Waals surface area (Å²) in [4.78, 5) is 12.1. The van der Waals surface area contributed by atoms with Gasteiger partial charge in [0, 0.05) is 26.1 Å². The molecule has 0 bridgehead atoms. The van der Waals surface area contributed by atoms with Gasteiger partial charge in [0.1, 0.15) is 5.52 Å². The fourth-order valence-electron chi connectivity index (χ4n) is 2.18. The highest BCUT2D eigenvalue weighted by Gasteiger charge is 2.19. The van der Waals surface area contributed by atoms with Crippen LogP contribution in [0.15, 0.2) is 23.1 Å². The van der Waals surface area contributed by atoms with Crippen molar-refractivity contribution in [1.82, 2.24) is 24.6 Å². The molecule has 8 nitrogen and oxygen atoms in total. The SMILES string of the molecule is CN(C)S(=O)(=O)c1ccc2c(c1)nnn2CCC(=O)NC(C)(C)C. The lowest BCUT2D eigenvalue weighted by atomic mass is 10.1. The number of amides is 1. The Kier molecular flexibility index (Phi) is 4.95. The molecular formula is C15H23N5O3S. The van der Waals surface area contributed by atoms with Crippen LogP contribution in [-0.4, -0.2) is 53.3 Å². The first-order chi connectivity index (χ1) is 11.0. The van der Waals surface area contributed by atoms with Crippen molar-refractivity contribution in [3.63, 3.8) is 0 Å².